The van der Waals surface area contributed by atoms with Crippen molar-refractivity contribution < 1.29 is 9.21 Å². The molecule has 4 aromatic rings. The minimum Gasteiger partial charge on any atom is -0.440 e. The number of halogens is 1. The Labute approximate surface area is 181 Å². The molecule has 0 aliphatic carbocycles. The minimum atomic E-state index is 0.0368. The first-order valence-corrected chi connectivity index (χ1v) is 11.5. The molecular formula is C21H18ClN3O2S2. The molecule has 29 heavy (non-hydrogen) atoms. The van der Waals surface area contributed by atoms with Gasteiger partial charge in [0.2, 0.25) is 0 Å². The van der Waals surface area contributed by atoms with Gasteiger partial charge in [-0.3, -0.25) is 4.79 Å². The summed E-state index contributed by atoms with van der Waals surface area (Å²) in [6.07, 6.45) is 1.90. The molecule has 1 atom stereocenters. The molecule has 1 fully saturated rings. The normalized spacial score (nSPS) is 17.2. The van der Waals surface area contributed by atoms with Gasteiger partial charge in [-0.05, 0) is 44.0 Å². The Morgan fingerprint density at radius 3 is 2.86 bits per heavy atom. The van der Waals surface area contributed by atoms with E-state index in [9.17, 15) is 4.79 Å². The van der Waals surface area contributed by atoms with E-state index in [1.54, 1.807) is 0 Å². The van der Waals surface area contributed by atoms with E-state index in [4.69, 9.17) is 16.0 Å². The van der Waals surface area contributed by atoms with E-state index < -0.39 is 0 Å². The molecule has 0 bridgehead atoms. The number of rotatable bonds is 3. The lowest BCUT2D eigenvalue weighted by atomic mass is 9.98. The Balaban J connectivity index is 1.38. The number of amides is 1. The van der Waals surface area contributed by atoms with Gasteiger partial charge in [-0.1, -0.05) is 23.7 Å². The van der Waals surface area contributed by atoms with E-state index in [1.165, 1.54) is 22.7 Å². The first kappa shape index (κ1) is 18.8. The first-order chi connectivity index (χ1) is 14.1. The molecular weight excluding hydrogens is 426 g/mol. The number of carbonyl (C=O) groups excluding carboxylic acids is 1. The molecule has 5 rings (SSSR count). The lowest BCUT2D eigenvalue weighted by Crippen LogP contribution is -2.39. The Hall–Kier alpha value is -2.22. The third kappa shape index (κ3) is 3.58. The maximum atomic E-state index is 13.2. The smallest absolute Gasteiger partial charge is 0.265 e. The number of fused-ring (bicyclic) bond motifs is 1. The number of hydrogen-bond acceptors (Lipinski definition) is 6. The highest BCUT2D eigenvalue weighted by atomic mass is 35.5. The summed E-state index contributed by atoms with van der Waals surface area (Å²) in [5.74, 6) is 0.872. The van der Waals surface area contributed by atoms with E-state index in [0.717, 1.165) is 56.3 Å². The topological polar surface area (TPSA) is 59.2 Å². The second-order valence-electron chi connectivity index (χ2n) is 7.15. The Kier molecular flexibility index (Phi) is 4.89. The summed E-state index contributed by atoms with van der Waals surface area (Å²) in [6, 6.07) is 11.6. The molecule has 1 aromatic carbocycles. The van der Waals surface area contributed by atoms with E-state index >= 15 is 0 Å². The van der Waals surface area contributed by atoms with Crippen LogP contribution >= 0.6 is 34.3 Å². The summed E-state index contributed by atoms with van der Waals surface area (Å²) in [5.41, 5.74) is 2.43. The molecule has 1 amide bonds. The molecule has 0 saturated carbocycles. The van der Waals surface area contributed by atoms with E-state index in [2.05, 4.69) is 9.97 Å². The summed E-state index contributed by atoms with van der Waals surface area (Å²) < 4.78 is 6.68. The molecule has 8 heteroatoms. The van der Waals surface area contributed by atoms with Gasteiger partial charge in [-0.15, -0.1) is 22.7 Å². The van der Waals surface area contributed by atoms with Crippen LogP contribution in [0.5, 0.6) is 0 Å². The van der Waals surface area contributed by atoms with E-state index in [-0.39, 0.29) is 11.8 Å². The number of carbonyl (C=O) groups is 1. The number of likely N-dealkylation sites (tertiary alicyclic amines) is 1. The molecule has 0 spiro atoms. The third-order valence-corrected chi connectivity index (χ3v) is 7.69. The Morgan fingerprint density at radius 1 is 1.21 bits per heavy atom. The van der Waals surface area contributed by atoms with Gasteiger partial charge in [-0.2, -0.15) is 0 Å². The number of nitrogens with zero attached hydrogens (tertiary/aromatic N) is 3. The summed E-state index contributed by atoms with van der Waals surface area (Å²) in [5, 5.41) is 0.843. The van der Waals surface area contributed by atoms with Gasteiger partial charge in [0.25, 0.3) is 5.91 Å². The van der Waals surface area contributed by atoms with Gasteiger partial charge < -0.3 is 9.32 Å². The summed E-state index contributed by atoms with van der Waals surface area (Å²) in [4.78, 5) is 26.1. The number of thiophene rings is 1. The third-order valence-electron chi connectivity index (χ3n) is 5.14. The van der Waals surface area contributed by atoms with E-state index in [1.807, 2.05) is 48.2 Å². The lowest BCUT2D eigenvalue weighted by Gasteiger charge is -2.31. The fourth-order valence-electron chi connectivity index (χ4n) is 3.70. The average Bonchev–Trinajstić information content (AvgIpc) is 3.45. The Bertz CT molecular complexity index is 1160. The zero-order chi connectivity index (χ0) is 20.0. The number of aryl methyl sites for hydroxylation is 1. The zero-order valence-corrected chi connectivity index (χ0v) is 18.1. The highest BCUT2D eigenvalue weighted by Crippen LogP contribution is 2.36. The molecule has 4 heterocycles. The fourth-order valence-corrected chi connectivity index (χ4v) is 5.83. The van der Waals surface area contributed by atoms with Crippen molar-refractivity contribution in [1.29, 1.82) is 0 Å². The van der Waals surface area contributed by atoms with Crippen LogP contribution in [0.25, 0.3) is 21.0 Å². The van der Waals surface area contributed by atoms with Crippen molar-refractivity contribution in [2.24, 2.45) is 0 Å². The largest absolute Gasteiger partial charge is 0.440 e. The molecule has 5 nitrogen and oxygen atoms in total. The van der Waals surface area contributed by atoms with Crippen LogP contribution in [0, 0.1) is 6.92 Å². The van der Waals surface area contributed by atoms with Crippen molar-refractivity contribution >= 4 is 51.3 Å². The number of hydrogen-bond donors (Lipinski definition) is 0. The van der Waals surface area contributed by atoms with Crippen molar-refractivity contribution in [2.45, 2.75) is 25.7 Å². The molecule has 1 unspecified atom stereocenters. The average molecular weight is 444 g/mol. The van der Waals surface area contributed by atoms with Crippen LogP contribution in [0.2, 0.25) is 4.34 Å². The molecule has 1 aliphatic rings. The number of oxazole rings is 1. The number of para-hydroxylation sites is 2. The summed E-state index contributed by atoms with van der Waals surface area (Å²) in [7, 11) is 0. The highest BCUT2D eigenvalue weighted by Gasteiger charge is 2.30. The first-order valence-electron chi connectivity index (χ1n) is 9.46. The zero-order valence-electron chi connectivity index (χ0n) is 15.7. The van der Waals surface area contributed by atoms with Gasteiger partial charge in [0.15, 0.2) is 11.5 Å². The number of aromatic nitrogens is 2. The van der Waals surface area contributed by atoms with Crippen LogP contribution in [0.4, 0.5) is 0 Å². The maximum absolute atomic E-state index is 13.2. The second kappa shape index (κ2) is 7.55. The van der Waals surface area contributed by atoms with Crippen molar-refractivity contribution in [3.05, 3.63) is 57.2 Å². The SMILES string of the molecule is Cc1nc(-c2ccc(Cl)s2)sc1C(=O)N1CCCC(c2nc3ccccc3o2)C1. The second-order valence-corrected chi connectivity index (χ2v) is 9.86. The highest BCUT2D eigenvalue weighted by molar-refractivity contribution is 7.24. The van der Waals surface area contributed by atoms with Crippen molar-refractivity contribution in [3.63, 3.8) is 0 Å². The van der Waals surface area contributed by atoms with Crippen LogP contribution in [-0.2, 0) is 0 Å². The van der Waals surface area contributed by atoms with Crippen LogP contribution in [0.15, 0.2) is 40.8 Å². The molecule has 1 aliphatic heterocycles. The number of piperidine rings is 1. The predicted molar refractivity (Wildman–Crippen MR) is 117 cm³/mol. The summed E-state index contributed by atoms with van der Waals surface area (Å²) in [6.45, 7) is 3.25. The van der Waals surface area contributed by atoms with Gasteiger partial charge in [-0.25, -0.2) is 9.97 Å². The predicted octanol–water partition coefficient (Wildman–Crippen LogP) is 5.99. The number of benzene rings is 1. The van der Waals surface area contributed by atoms with E-state index in [0.29, 0.717) is 11.4 Å². The monoisotopic (exact) mass is 443 g/mol. The fraction of sp³-hybridized carbons (Fsp3) is 0.286. The van der Waals surface area contributed by atoms with Gasteiger partial charge in [0.1, 0.15) is 15.4 Å². The molecule has 148 valence electrons. The van der Waals surface area contributed by atoms with Crippen molar-refractivity contribution in [2.75, 3.05) is 13.1 Å². The molecule has 3 aromatic heterocycles. The van der Waals surface area contributed by atoms with Gasteiger partial charge in [0, 0.05) is 13.1 Å². The van der Waals surface area contributed by atoms with Crippen LogP contribution in [-0.4, -0.2) is 33.9 Å². The van der Waals surface area contributed by atoms with Crippen LogP contribution in [0.1, 0.15) is 40.0 Å². The quantitative estimate of drug-likeness (QED) is 0.390. The minimum absolute atomic E-state index is 0.0368. The molecule has 1 saturated heterocycles. The van der Waals surface area contributed by atoms with Crippen molar-refractivity contribution in [1.82, 2.24) is 14.9 Å². The molecule has 0 radical (unpaired) electrons. The van der Waals surface area contributed by atoms with Gasteiger partial charge in [0.05, 0.1) is 20.8 Å². The van der Waals surface area contributed by atoms with Gasteiger partial charge >= 0.3 is 0 Å². The molecule has 0 N–H and O–H groups in total. The Morgan fingerprint density at radius 2 is 2.07 bits per heavy atom. The standard InChI is InChI=1S/C21H18ClN3O2S2/c1-12-18(29-20(23-12)16-8-9-17(22)28-16)21(26)25-10-4-5-13(11-25)19-24-14-6-2-3-7-15(14)27-19/h2-3,6-9,13H,4-5,10-11H2,1H3. The van der Waals surface area contributed by atoms with Crippen LogP contribution < -0.4 is 0 Å². The number of thiazole rings is 1. The lowest BCUT2D eigenvalue weighted by molar-refractivity contribution is 0.0703. The van der Waals surface area contributed by atoms with Crippen molar-refractivity contribution in [3.8, 4) is 9.88 Å². The maximum Gasteiger partial charge on any atom is 0.265 e. The van der Waals surface area contributed by atoms with Crippen LogP contribution in [0.3, 0.4) is 0 Å². The summed E-state index contributed by atoms with van der Waals surface area (Å²) >= 11 is 8.97.